The van der Waals surface area contributed by atoms with Gasteiger partial charge in [0.05, 0.1) is 32.7 Å². The van der Waals surface area contributed by atoms with Gasteiger partial charge in [-0.15, -0.1) is 0 Å². The molecule has 0 aliphatic carbocycles. The van der Waals surface area contributed by atoms with Crippen LogP contribution in [-0.4, -0.2) is 157 Å². The molecule has 0 saturated carbocycles. The molecule has 2 unspecified atom stereocenters. The van der Waals surface area contributed by atoms with Crippen LogP contribution in [0.1, 0.15) is 25.7 Å². The zero-order valence-electron chi connectivity index (χ0n) is 25.5. The number of nitrogens with zero attached hydrogens (tertiary/aromatic N) is 3. The number of aliphatic carboxylic acids is 3. The molecule has 4 amide bonds. The van der Waals surface area contributed by atoms with E-state index < -0.39 is 73.0 Å². The second-order valence-corrected chi connectivity index (χ2v) is 10.5. The van der Waals surface area contributed by atoms with Crippen molar-refractivity contribution in [3.05, 3.63) is 0 Å². The Morgan fingerprint density at radius 2 is 0.822 bits per heavy atom. The minimum Gasteiger partial charge on any atom is -0.480 e. The maximum atomic E-state index is 12.4. The van der Waals surface area contributed by atoms with Gasteiger partial charge in [-0.25, -0.2) is 0 Å². The molecule has 0 rings (SSSR count). The lowest BCUT2D eigenvalue weighted by Crippen LogP contribution is -2.47. The number of carbonyl (C=O) groups excluding carboxylic acids is 4. The highest BCUT2D eigenvalue weighted by molar-refractivity contribution is 5.80. The molecule has 0 spiro atoms. The molecule has 0 aromatic heterocycles. The average Bonchev–Trinajstić information content (AvgIpc) is 2.92. The van der Waals surface area contributed by atoms with Crippen LogP contribution in [0.3, 0.4) is 0 Å². The maximum absolute atomic E-state index is 12.4. The molecule has 19 heteroatoms. The summed E-state index contributed by atoms with van der Waals surface area (Å²) in [4.78, 5) is 86.1. The number of carbonyl (C=O) groups is 7. The van der Waals surface area contributed by atoms with E-state index in [1.165, 1.54) is 14.7 Å². The number of hydrogen-bond donors (Lipinski definition) is 9. The highest BCUT2D eigenvalue weighted by atomic mass is 16.4. The SMILES string of the molecule is NCCC(CCNC(=O)CN(CCN(CCN(CC(=O)O)CC(=O)NCCC(CCN)C(N)=O)CC(=O)O)CC(=O)O)C(N)=O. The van der Waals surface area contributed by atoms with Crippen LogP contribution >= 0.6 is 0 Å². The number of hydrogen-bond acceptors (Lipinski definition) is 12. The number of amides is 4. The number of carboxylic acid groups (broad SMARTS) is 3. The third-order valence-electron chi connectivity index (χ3n) is 6.74. The first-order valence-corrected chi connectivity index (χ1v) is 14.5. The second-order valence-electron chi connectivity index (χ2n) is 10.5. The Balaban J connectivity index is 5.16. The number of carboxylic acids is 3. The summed E-state index contributed by atoms with van der Waals surface area (Å²) >= 11 is 0. The zero-order valence-corrected chi connectivity index (χ0v) is 25.5. The van der Waals surface area contributed by atoms with Crippen LogP contribution < -0.4 is 33.6 Å². The number of primary amides is 2. The monoisotopic (exact) mass is 647 g/mol. The van der Waals surface area contributed by atoms with E-state index >= 15 is 0 Å². The highest BCUT2D eigenvalue weighted by Crippen LogP contribution is 2.06. The van der Waals surface area contributed by atoms with E-state index in [0.717, 1.165) is 0 Å². The summed E-state index contributed by atoms with van der Waals surface area (Å²) in [5.41, 5.74) is 21.6. The predicted octanol–water partition coefficient (Wildman–Crippen LogP) is -4.94. The fraction of sp³-hybridized carbons (Fsp3) is 0.731. The summed E-state index contributed by atoms with van der Waals surface area (Å²) in [6.07, 6.45) is 1.24. The van der Waals surface area contributed by atoms with Crippen molar-refractivity contribution in [3.8, 4) is 0 Å². The van der Waals surface area contributed by atoms with Gasteiger partial charge < -0.3 is 48.9 Å². The molecule has 0 heterocycles. The summed E-state index contributed by atoms with van der Waals surface area (Å²) in [5, 5.41) is 33.2. The number of rotatable bonds is 28. The standard InChI is InChI=1S/C26H49N9O10/c27-5-1-18(25(29)44)3-7-31-20(36)13-34(16-23(40)41)11-9-33(15-22(38)39)10-12-35(17-24(42)43)14-21(37)32-8-4-19(2-6-28)26(30)45/h18-19H,1-17,27-28H2,(H2,29,44)(H2,30,45)(H,31,36)(H,32,37)(H,38,39)(H,40,41)(H,42,43). The first-order valence-electron chi connectivity index (χ1n) is 14.5. The Hall–Kier alpha value is -3.91. The van der Waals surface area contributed by atoms with Gasteiger partial charge in [0.25, 0.3) is 0 Å². The summed E-state index contributed by atoms with van der Waals surface area (Å²) in [7, 11) is 0. The number of nitrogens with one attached hydrogen (secondary N) is 2. The van der Waals surface area contributed by atoms with Gasteiger partial charge >= 0.3 is 17.9 Å². The van der Waals surface area contributed by atoms with Crippen molar-refractivity contribution in [3.63, 3.8) is 0 Å². The van der Waals surface area contributed by atoms with Crippen molar-refractivity contribution in [2.75, 3.05) is 85.1 Å². The third-order valence-corrected chi connectivity index (χ3v) is 6.74. The quantitative estimate of drug-likeness (QED) is 0.0384. The van der Waals surface area contributed by atoms with E-state index in [1.54, 1.807) is 0 Å². The Bertz CT molecular complexity index is 917. The Morgan fingerprint density at radius 1 is 0.511 bits per heavy atom. The van der Waals surface area contributed by atoms with Crippen molar-refractivity contribution >= 4 is 41.5 Å². The largest absolute Gasteiger partial charge is 0.480 e. The van der Waals surface area contributed by atoms with Crippen LogP contribution in [0, 0.1) is 11.8 Å². The van der Waals surface area contributed by atoms with E-state index in [-0.39, 0.29) is 78.3 Å². The lowest BCUT2D eigenvalue weighted by atomic mass is 10.0. The average molecular weight is 648 g/mol. The third kappa shape index (κ3) is 21.4. The van der Waals surface area contributed by atoms with Crippen molar-refractivity contribution < 1.29 is 48.9 Å². The molecular formula is C26H49N9O10. The maximum Gasteiger partial charge on any atom is 0.317 e. The lowest BCUT2D eigenvalue weighted by molar-refractivity contribution is -0.141. The first kappa shape index (κ1) is 41.1. The van der Waals surface area contributed by atoms with Crippen LogP contribution in [0.5, 0.6) is 0 Å². The molecule has 13 N–H and O–H groups in total. The summed E-state index contributed by atoms with van der Waals surface area (Å²) in [6.45, 7) is -1.44. The van der Waals surface area contributed by atoms with Crippen molar-refractivity contribution in [1.29, 1.82) is 0 Å². The smallest absolute Gasteiger partial charge is 0.317 e. The molecule has 0 fully saturated rings. The highest BCUT2D eigenvalue weighted by Gasteiger charge is 2.21. The van der Waals surface area contributed by atoms with E-state index in [1.807, 2.05) is 0 Å². The van der Waals surface area contributed by atoms with Crippen molar-refractivity contribution in [2.45, 2.75) is 25.7 Å². The van der Waals surface area contributed by atoms with E-state index in [2.05, 4.69) is 10.6 Å². The molecule has 2 atom stereocenters. The van der Waals surface area contributed by atoms with Gasteiger partial charge in [0.1, 0.15) is 0 Å². The van der Waals surface area contributed by atoms with Gasteiger partial charge in [0, 0.05) is 51.1 Å². The van der Waals surface area contributed by atoms with Crippen molar-refractivity contribution in [2.24, 2.45) is 34.8 Å². The second kappa shape index (κ2) is 23.5. The Labute approximate surface area is 261 Å². The van der Waals surface area contributed by atoms with Crippen LogP contribution in [0.25, 0.3) is 0 Å². The molecule has 45 heavy (non-hydrogen) atoms. The summed E-state index contributed by atoms with van der Waals surface area (Å²) in [6, 6.07) is 0. The van der Waals surface area contributed by atoms with Crippen LogP contribution in [0.2, 0.25) is 0 Å². The normalized spacial score (nSPS) is 12.6. The summed E-state index contributed by atoms with van der Waals surface area (Å²) < 4.78 is 0. The minimum absolute atomic E-state index is 0.00979. The number of nitrogens with two attached hydrogens (primary N) is 4. The molecule has 0 aromatic carbocycles. The molecule has 0 aliphatic rings. The van der Waals surface area contributed by atoms with Crippen molar-refractivity contribution in [1.82, 2.24) is 25.3 Å². The zero-order chi connectivity index (χ0) is 34.4. The molecule has 0 bridgehead atoms. The van der Waals surface area contributed by atoms with E-state index in [9.17, 15) is 48.9 Å². The molecule has 0 saturated heterocycles. The fourth-order valence-electron chi connectivity index (χ4n) is 4.39. The van der Waals surface area contributed by atoms with E-state index in [0.29, 0.717) is 12.8 Å². The van der Waals surface area contributed by atoms with Gasteiger partial charge in [0.15, 0.2) is 0 Å². The molecule has 0 aromatic rings. The molecular weight excluding hydrogens is 598 g/mol. The topological polar surface area (TPSA) is 318 Å². The van der Waals surface area contributed by atoms with Gasteiger partial charge in [-0.1, -0.05) is 0 Å². The first-order chi connectivity index (χ1) is 21.2. The van der Waals surface area contributed by atoms with Gasteiger partial charge in [-0.05, 0) is 38.8 Å². The van der Waals surface area contributed by atoms with Gasteiger partial charge in [-0.3, -0.25) is 48.3 Å². The van der Waals surface area contributed by atoms with E-state index in [4.69, 9.17) is 22.9 Å². The van der Waals surface area contributed by atoms with Gasteiger partial charge in [-0.2, -0.15) is 0 Å². The fourth-order valence-corrected chi connectivity index (χ4v) is 4.39. The minimum atomic E-state index is -1.21. The molecule has 0 aliphatic heterocycles. The lowest BCUT2D eigenvalue weighted by Gasteiger charge is -2.28. The van der Waals surface area contributed by atoms with Crippen LogP contribution in [0.15, 0.2) is 0 Å². The molecule has 258 valence electrons. The predicted molar refractivity (Wildman–Crippen MR) is 160 cm³/mol. The molecule has 0 radical (unpaired) electrons. The van der Waals surface area contributed by atoms with Crippen LogP contribution in [-0.2, 0) is 33.6 Å². The summed E-state index contributed by atoms with van der Waals surface area (Å²) in [5.74, 6) is -6.76. The van der Waals surface area contributed by atoms with Crippen LogP contribution in [0.4, 0.5) is 0 Å². The molecule has 19 nitrogen and oxygen atoms in total. The Kier molecular flexibility index (Phi) is 21.4. The van der Waals surface area contributed by atoms with Gasteiger partial charge in [0.2, 0.25) is 23.6 Å². The Morgan fingerprint density at radius 3 is 1.11 bits per heavy atom.